The van der Waals surface area contributed by atoms with E-state index in [9.17, 15) is 0 Å². The highest BCUT2D eigenvalue weighted by Crippen LogP contribution is 2.16. The van der Waals surface area contributed by atoms with Crippen LogP contribution in [0.3, 0.4) is 0 Å². The molecule has 0 saturated carbocycles. The van der Waals surface area contributed by atoms with Gasteiger partial charge in [0.15, 0.2) is 5.96 Å². The van der Waals surface area contributed by atoms with Crippen LogP contribution >= 0.6 is 35.6 Å². The van der Waals surface area contributed by atoms with Gasteiger partial charge in [-0.1, -0.05) is 17.7 Å². The summed E-state index contributed by atoms with van der Waals surface area (Å²) in [6.45, 7) is 4.72. The van der Waals surface area contributed by atoms with Gasteiger partial charge in [-0.25, -0.2) is 4.98 Å². The van der Waals surface area contributed by atoms with E-state index in [4.69, 9.17) is 21.1 Å². The molecule has 1 N–H and O–H groups in total. The van der Waals surface area contributed by atoms with Gasteiger partial charge in [0, 0.05) is 45.9 Å². The standard InChI is InChI=1S/C16H25ClN4O2.HI/c1-18-16(20-10-13-3-4-15(17)19-9-13)21-6-5-14(11-21)12-23-8-7-22-2;/h3-4,9,14H,5-8,10-12H2,1-2H3,(H,18,20);1H. The summed E-state index contributed by atoms with van der Waals surface area (Å²) in [5.74, 6) is 1.46. The molecule has 0 radical (unpaired) electrons. The number of aliphatic imine (C=N–C) groups is 1. The minimum Gasteiger partial charge on any atom is -0.382 e. The second-order valence-electron chi connectivity index (χ2n) is 5.56. The number of hydrogen-bond donors (Lipinski definition) is 1. The first-order valence-corrected chi connectivity index (χ1v) is 8.23. The Bertz CT molecular complexity index is 501. The summed E-state index contributed by atoms with van der Waals surface area (Å²) in [6.07, 6.45) is 2.90. The summed E-state index contributed by atoms with van der Waals surface area (Å²) in [5, 5.41) is 3.88. The van der Waals surface area contributed by atoms with Gasteiger partial charge in [0.2, 0.25) is 0 Å². The smallest absolute Gasteiger partial charge is 0.193 e. The quantitative estimate of drug-likeness (QED) is 0.219. The lowest BCUT2D eigenvalue weighted by molar-refractivity contribution is 0.0536. The number of ether oxygens (including phenoxy) is 2. The molecule has 136 valence electrons. The van der Waals surface area contributed by atoms with Crippen LogP contribution in [0.4, 0.5) is 0 Å². The molecule has 1 aromatic rings. The summed E-state index contributed by atoms with van der Waals surface area (Å²) in [5.41, 5.74) is 1.08. The van der Waals surface area contributed by atoms with Gasteiger partial charge in [-0.05, 0) is 18.1 Å². The first-order chi connectivity index (χ1) is 11.2. The van der Waals surface area contributed by atoms with E-state index in [1.54, 1.807) is 19.4 Å². The van der Waals surface area contributed by atoms with Crippen LogP contribution < -0.4 is 5.32 Å². The second kappa shape index (κ2) is 11.8. The highest BCUT2D eigenvalue weighted by Gasteiger charge is 2.24. The molecule has 1 aliphatic heterocycles. The zero-order chi connectivity index (χ0) is 16.5. The van der Waals surface area contributed by atoms with Gasteiger partial charge in [-0.3, -0.25) is 4.99 Å². The highest BCUT2D eigenvalue weighted by atomic mass is 127. The topological polar surface area (TPSA) is 59.0 Å². The Morgan fingerprint density at radius 2 is 2.29 bits per heavy atom. The Balaban J connectivity index is 0.00000288. The van der Waals surface area contributed by atoms with E-state index in [1.165, 1.54) is 0 Å². The van der Waals surface area contributed by atoms with Crippen LogP contribution in [0, 0.1) is 5.92 Å². The van der Waals surface area contributed by atoms with Crippen molar-refractivity contribution in [3.8, 4) is 0 Å². The molecule has 1 saturated heterocycles. The van der Waals surface area contributed by atoms with Crippen LogP contribution in [0.15, 0.2) is 23.3 Å². The maximum atomic E-state index is 5.80. The average molecular weight is 469 g/mol. The van der Waals surface area contributed by atoms with E-state index < -0.39 is 0 Å². The minimum atomic E-state index is 0. The summed E-state index contributed by atoms with van der Waals surface area (Å²) in [4.78, 5) is 10.7. The molecule has 24 heavy (non-hydrogen) atoms. The van der Waals surface area contributed by atoms with E-state index in [0.717, 1.165) is 37.6 Å². The zero-order valence-corrected chi connectivity index (χ0v) is 17.3. The molecule has 8 heteroatoms. The Morgan fingerprint density at radius 3 is 2.96 bits per heavy atom. The van der Waals surface area contributed by atoms with Gasteiger partial charge < -0.3 is 19.7 Å². The number of likely N-dealkylation sites (tertiary alicyclic amines) is 1. The lowest BCUT2D eigenvalue weighted by atomic mass is 10.1. The number of halogens is 2. The first-order valence-electron chi connectivity index (χ1n) is 7.85. The van der Waals surface area contributed by atoms with Crippen LogP contribution in [0.5, 0.6) is 0 Å². The predicted octanol–water partition coefficient (Wildman–Crippen LogP) is 2.41. The Kier molecular flexibility index (Phi) is 10.6. The average Bonchev–Trinajstić information content (AvgIpc) is 3.03. The maximum absolute atomic E-state index is 5.80. The summed E-state index contributed by atoms with van der Waals surface area (Å²) >= 11 is 5.80. The summed E-state index contributed by atoms with van der Waals surface area (Å²) < 4.78 is 10.6. The number of rotatable bonds is 7. The van der Waals surface area contributed by atoms with Gasteiger partial charge in [0.1, 0.15) is 5.15 Å². The van der Waals surface area contributed by atoms with Crippen molar-refractivity contribution < 1.29 is 9.47 Å². The van der Waals surface area contributed by atoms with Crippen molar-refractivity contribution in [1.82, 2.24) is 15.2 Å². The molecule has 2 rings (SSSR count). The third-order valence-electron chi connectivity index (χ3n) is 3.82. The Labute approximate surface area is 166 Å². The molecule has 6 nitrogen and oxygen atoms in total. The van der Waals surface area contributed by atoms with E-state index in [0.29, 0.717) is 30.8 Å². The fourth-order valence-electron chi connectivity index (χ4n) is 2.58. The molecule has 0 aliphatic carbocycles. The van der Waals surface area contributed by atoms with Crippen LogP contribution in [0.2, 0.25) is 5.15 Å². The van der Waals surface area contributed by atoms with Crippen molar-refractivity contribution in [2.24, 2.45) is 10.9 Å². The maximum Gasteiger partial charge on any atom is 0.193 e. The molecule has 1 fully saturated rings. The van der Waals surface area contributed by atoms with Crippen molar-refractivity contribution >= 4 is 41.5 Å². The van der Waals surface area contributed by atoms with Gasteiger partial charge in [0.25, 0.3) is 0 Å². The van der Waals surface area contributed by atoms with Crippen molar-refractivity contribution in [1.29, 1.82) is 0 Å². The molecule has 1 aliphatic rings. The molecular weight excluding hydrogens is 443 g/mol. The third kappa shape index (κ3) is 7.08. The van der Waals surface area contributed by atoms with Gasteiger partial charge in [-0.2, -0.15) is 0 Å². The molecule has 1 aromatic heterocycles. The van der Waals surface area contributed by atoms with Crippen molar-refractivity contribution in [3.63, 3.8) is 0 Å². The number of aromatic nitrogens is 1. The lowest BCUT2D eigenvalue weighted by Gasteiger charge is -2.21. The Hall–Kier alpha value is -0.640. The SMILES string of the molecule is CN=C(NCc1ccc(Cl)nc1)N1CCC(COCCOC)C1.I. The molecule has 1 unspecified atom stereocenters. The number of nitrogens with zero attached hydrogens (tertiary/aromatic N) is 3. The van der Waals surface area contributed by atoms with Gasteiger partial charge in [-0.15, -0.1) is 24.0 Å². The zero-order valence-electron chi connectivity index (χ0n) is 14.2. The number of hydrogen-bond acceptors (Lipinski definition) is 4. The number of methoxy groups -OCH3 is 1. The molecule has 0 amide bonds. The highest BCUT2D eigenvalue weighted by molar-refractivity contribution is 14.0. The van der Waals surface area contributed by atoms with E-state index in [-0.39, 0.29) is 24.0 Å². The third-order valence-corrected chi connectivity index (χ3v) is 4.05. The van der Waals surface area contributed by atoms with E-state index in [1.807, 2.05) is 13.1 Å². The van der Waals surface area contributed by atoms with Crippen LogP contribution in [0.25, 0.3) is 0 Å². The van der Waals surface area contributed by atoms with Gasteiger partial charge >= 0.3 is 0 Å². The van der Waals surface area contributed by atoms with Crippen LogP contribution in [-0.4, -0.2) is 62.9 Å². The molecular formula is C16H26ClIN4O2. The van der Waals surface area contributed by atoms with E-state index in [2.05, 4.69) is 20.2 Å². The molecule has 0 bridgehead atoms. The number of nitrogens with one attached hydrogen (secondary N) is 1. The monoisotopic (exact) mass is 468 g/mol. The number of pyridine rings is 1. The molecule has 2 heterocycles. The Morgan fingerprint density at radius 1 is 1.46 bits per heavy atom. The van der Waals surface area contributed by atoms with Crippen LogP contribution in [-0.2, 0) is 16.0 Å². The minimum absolute atomic E-state index is 0. The largest absolute Gasteiger partial charge is 0.382 e. The number of guanidine groups is 1. The van der Waals surface area contributed by atoms with Gasteiger partial charge in [0.05, 0.1) is 19.8 Å². The molecule has 0 aromatic carbocycles. The van der Waals surface area contributed by atoms with Crippen molar-refractivity contribution in [3.05, 3.63) is 29.0 Å². The van der Waals surface area contributed by atoms with Crippen molar-refractivity contribution in [2.45, 2.75) is 13.0 Å². The summed E-state index contributed by atoms with van der Waals surface area (Å²) in [7, 11) is 3.50. The fourth-order valence-corrected chi connectivity index (χ4v) is 2.69. The van der Waals surface area contributed by atoms with E-state index >= 15 is 0 Å². The first kappa shape index (κ1) is 21.4. The molecule has 0 spiro atoms. The predicted molar refractivity (Wildman–Crippen MR) is 107 cm³/mol. The fraction of sp³-hybridized carbons (Fsp3) is 0.625. The second-order valence-corrected chi connectivity index (χ2v) is 5.95. The van der Waals surface area contributed by atoms with Crippen molar-refractivity contribution in [2.75, 3.05) is 47.1 Å². The normalized spacial score (nSPS) is 17.7. The lowest BCUT2D eigenvalue weighted by Crippen LogP contribution is -2.39. The molecule has 1 atom stereocenters. The van der Waals surface area contributed by atoms with Crippen LogP contribution in [0.1, 0.15) is 12.0 Å². The summed E-state index contributed by atoms with van der Waals surface area (Å²) in [6, 6.07) is 3.76.